The van der Waals surface area contributed by atoms with Crippen molar-refractivity contribution in [1.82, 2.24) is 14.8 Å². The molecule has 0 aliphatic rings. The number of furan rings is 1. The average molecular weight is 300 g/mol. The molecule has 0 aliphatic heterocycles. The summed E-state index contributed by atoms with van der Waals surface area (Å²) in [7, 11) is 3.40. The zero-order valence-corrected chi connectivity index (χ0v) is 12.6. The summed E-state index contributed by atoms with van der Waals surface area (Å²) in [5.41, 5.74) is 2.23. The van der Waals surface area contributed by atoms with Crippen molar-refractivity contribution in [2.45, 2.75) is 13.5 Å². The summed E-state index contributed by atoms with van der Waals surface area (Å²) in [6.45, 7) is 2.23. The first kappa shape index (κ1) is 14.3. The molecule has 7 nitrogen and oxygen atoms in total. The van der Waals surface area contributed by atoms with Gasteiger partial charge in [-0.05, 0) is 25.1 Å². The number of methoxy groups -OCH3 is 1. The number of rotatable bonds is 4. The van der Waals surface area contributed by atoms with Gasteiger partial charge in [-0.1, -0.05) is 0 Å². The Hall–Kier alpha value is -2.67. The van der Waals surface area contributed by atoms with Gasteiger partial charge in [0.2, 0.25) is 0 Å². The predicted octanol–water partition coefficient (Wildman–Crippen LogP) is 2.27. The fourth-order valence-electron chi connectivity index (χ4n) is 2.29. The van der Waals surface area contributed by atoms with Gasteiger partial charge < -0.3 is 14.5 Å². The van der Waals surface area contributed by atoms with E-state index in [1.54, 1.807) is 30.1 Å². The van der Waals surface area contributed by atoms with Crippen LogP contribution in [0.2, 0.25) is 0 Å². The van der Waals surface area contributed by atoms with Crippen molar-refractivity contribution in [3.8, 4) is 0 Å². The Morgan fingerprint density at radius 2 is 2.27 bits per heavy atom. The normalized spacial score (nSPS) is 11.0. The molecule has 3 aromatic rings. The third-order valence-corrected chi connectivity index (χ3v) is 3.29. The number of carbonyl (C=O) groups excluding carboxylic acids is 1. The number of carbonyl (C=O) groups is 1. The molecule has 22 heavy (non-hydrogen) atoms. The lowest BCUT2D eigenvalue weighted by molar-refractivity contribution is 0.0987. The third-order valence-electron chi connectivity index (χ3n) is 3.29. The number of amides is 1. The number of hydrogen-bond donors (Lipinski definition) is 1. The van der Waals surface area contributed by atoms with Crippen LogP contribution in [-0.4, -0.2) is 27.8 Å². The highest BCUT2D eigenvalue weighted by Gasteiger charge is 2.13. The molecule has 0 fully saturated rings. The molecule has 3 aromatic heterocycles. The first-order chi connectivity index (χ1) is 10.6. The molecule has 0 aliphatic carbocycles. The summed E-state index contributed by atoms with van der Waals surface area (Å²) in [6, 6.07) is 5.18. The quantitative estimate of drug-likeness (QED) is 0.799. The number of hydrogen-bond acceptors (Lipinski definition) is 5. The van der Waals surface area contributed by atoms with Crippen molar-refractivity contribution in [3.63, 3.8) is 0 Å². The first-order valence-corrected chi connectivity index (χ1v) is 6.77. The number of anilines is 1. The molecule has 0 atom stereocenters. The van der Waals surface area contributed by atoms with Crippen LogP contribution in [0.4, 0.5) is 5.69 Å². The van der Waals surface area contributed by atoms with Crippen LogP contribution >= 0.6 is 0 Å². The summed E-state index contributed by atoms with van der Waals surface area (Å²) in [6.07, 6.45) is 1.60. The molecule has 0 aromatic carbocycles. The summed E-state index contributed by atoms with van der Waals surface area (Å²) in [5.74, 6) is 0.504. The van der Waals surface area contributed by atoms with E-state index < -0.39 is 0 Å². The van der Waals surface area contributed by atoms with Gasteiger partial charge in [-0.3, -0.25) is 9.48 Å². The molecule has 0 saturated heterocycles. The molecule has 114 valence electrons. The second kappa shape index (κ2) is 5.61. The summed E-state index contributed by atoms with van der Waals surface area (Å²) in [5, 5.41) is 7.97. The lowest BCUT2D eigenvalue weighted by atomic mass is 10.2. The highest BCUT2D eigenvalue weighted by Crippen LogP contribution is 2.20. The number of fused-ring (bicyclic) bond motifs is 1. The SMILES string of the molecule is COCc1ccc(C(=O)Nc2cnc3c(c2)c(C)nn3C)o1. The van der Waals surface area contributed by atoms with E-state index in [2.05, 4.69) is 15.4 Å². The number of aromatic nitrogens is 3. The predicted molar refractivity (Wildman–Crippen MR) is 80.6 cm³/mol. The van der Waals surface area contributed by atoms with Gasteiger partial charge in [0.1, 0.15) is 12.4 Å². The zero-order chi connectivity index (χ0) is 15.7. The molecule has 0 radical (unpaired) electrons. The van der Waals surface area contributed by atoms with Gasteiger partial charge in [-0.2, -0.15) is 5.10 Å². The van der Waals surface area contributed by atoms with Crippen LogP contribution in [0, 0.1) is 6.92 Å². The Kier molecular flexibility index (Phi) is 3.64. The van der Waals surface area contributed by atoms with Crippen molar-refractivity contribution in [2.24, 2.45) is 7.05 Å². The van der Waals surface area contributed by atoms with Crippen molar-refractivity contribution in [1.29, 1.82) is 0 Å². The maximum absolute atomic E-state index is 12.2. The van der Waals surface area contributed by atoms with E-state index >= 15 is 0 Å². The standard InChI is InChI=1S/C15H16N4O3/c1-9-12-6-10(7-16-14(12)19(2)18-9)17-15(20)13-5-4-11(22-13)8-21-3/h4-7H,8H2,1-3H3,(H,17,20). The molecule has 0 unspecified atom stereocenters. The largest absolute Gasteiger partial charge is 0.453 e. The minimum Gasteiger partial charge on any atom is -0.453 e. The number of nitrogens with zero attached hydrogens (tertiary/aromatic N) is 3. The Labute approximate surface area is 126 Å². The molecular formula is C15H16N4O3. The Morgan fingerprint density at radius 1 is 1.45 bits per heavy atom. The fourth-order valence-corrected chi connectivity index (χ4v) is 2.29. The maximum Gasteiger partial charge on any atom is 0.291 e. The molecule has 0 spiro atoms. The summed E-state index contributed by atoms with van der Waals surface area (Å²) in [4.78, 5) is 16.5. The highest BCUT2D eigenvalue weighted by molar-refractivity contribution is 6.03. The van der Waals surface area contributed by atoms with Gasteiger partial charge in [-0.25, -0.2) is 4.98 Å². The van der Waals surface area contributed by atoms with Gasteiger partial charge in [0, 0.05) is 19.5 Å². The van der Waals surface area contributed by atoms with Crippen LogP contribution in [0.15, 0.2) is 28.8 Å². The molecule has 1 N–H and O–H groups in total. The van der Waals surface area contributed by atoms with Crippen LogP contribution in [0.1, 0.15) is 22.0 Å². The van der Waals surface area contributed by atoms with Crippen molar-refractivity contribution < 1.29 is 13.9 Å². The average Bonchev–Trinajstić information content (AvgIpc) is 3.06. The van der Waals surface area contributed by atoms with Crippen LogP contribution < -0.4 is 5.32 Å². The second-order valence-electron chi connectivity index (χ2n) is 4.96. The molecule has 0 bridgehead atoms. The summed E-state index contributed by atoms with van der Waals surface area (Å²) >= 11 is 0. The van der Waals surface area contributed by atoms with Gasteiger partial charge in [0.25, 0.3) is 5.91 Å². The van der Waals surface area contributed by atoms with E-state index in [4.69, 9.17) is 9.15 Å². The first-order valence-electron chi connectivity index (χ1n) is 6.77. The number of aryl methyl sites for hydroxylation is 2. The molecule has 3 rings (SSSR count). The molecule has 3 heterocycles. The Bertz CT molecular complexity index is 835. The zero-order valence-electron chi connectivity index (χ0n) is 12.6. The monoisotopic (exact) mass is 300 g/mol. The Balaban J connectivity index is 1.82. The van der Waals surface area contributed by atoms with Crippen molar-refractivity contribution in [3.05, 3.63) is 41.6 Å². The van der Waals surface area contributed by atoms with E-state index in [-0.39, 0.29) is 11.7 Å². The van der Waals surface area contributed by atoms with E-state index in [0.29, 0.717) is 18.1 Å². The van der Waals surface area contributed by atoms with Gasteiger partial charge in [0.15, 0.2) is 11.4 Å². The van der Waals surface area contributed by atoms with Crippen molar-refractivity contribution >= 4 is 22.6 Å². The molecule has 0 saturated carbocycles. The van der Waals surface area contributed by atoms with E-state index in [0.717, 1.165) is 16.7 Å². The molecular weight excluding hydrogens is 284 g/mol. The molecule has 1 amide bonds. The summed E-state index contributed by atoms with van der Waals surface area (Å²) < 4.78 is 12.1. The topological polar surface area (TPSA) is 82.2 Å². The van der Waals surface area contributed by atoms with Gasteiger partial charge in [-0.15, -0.1) is 0 Å². The maximum atomic E-state index is 12.2. The van der Waals surface area contributed by atoms with E-state index in [1.807, 2.05) is 20.0 Å². The van der Waals surface area contributed by atoms with Gasteiger partial charge >= 0.3 is 0 Å². The second-order valence-corrected chi connectivity index (χ2v) is 4.96. The van der Waals surface area contributed by atoms with Crippen LogP contribution in [-0.2, 0) is 18.4 Å². The Morgan fingerprint density at radius 3 is 3.05 bits per heavy atom. The van der Waals surface area contributed by atoms with Crippen LogP contribution in [0.25, 0.3) is 11.0 Å². The van der Waals surface area contributed by atoms with Crippen LogP contribution in [0.5, 0.6) is 0 Å². The minimum atomic E-state index is -0.329. The van der Waals surface area contributed by atoms with Crippen LogP contribution in [0.3, 0.4) is 0 Å². The molecule has 7 heteroatoms. The van der Waals surface area contributed by atoms with E-state index in [9.17, 15) is 4.79 Å². The third kappa shape index (κ3) is 2.58. The number of ether oxygens (including phenoxy) is 1. The lowest BCUT2D eigenvalue weighted by Crippen LogP contribution is -2.11. The fraction of sp³-hybridized carbons (Fsp3) is 0.267. The lowest BCUT2D eigenvalue weighted by Gasteiger charge is -2.03. The minimum absolute atomic E-state index is 0.232. The van der Waals surface area contributed by atoms with E-state index in [1.165, 1.54) is 0 Å². The highest BCUT2D eigenvalue weighted by atomic mass is 16.5. The van der Waals surface area contributed by atoms with Gasteiger partial charge in [0.05, 0.1) is 17.6 Å². The number of pyridine rings is 1. The van der Waals surface area contributed by atoms with Crippen molar-refractivity contribution in [2.75, 3.05) is 12.4 Å². The number of nitrogens with one attached hydrogen (secondary N) is 1. The smallest absolute Gasteiger partial charge is 0.291 e.